The summed E-state index contributed by atoms with van der Waals surface area (Å²) in [6.07, 6.45) is 0. The van der Waals surface area contributed by atoms with E-state index in [9.17, 15) is 13.6 Å². The van der Waals surface area contributed by atoms with Crippen LogP contribution in [-0.2, 0) is 11.3 Å². The second kappa shape index (κ2) is 6.66. The number of ether oxygens (including phenoxy) is 2. The van der Waals surface area contributed by atoms with Crippen molar-refractivity contribution in [3.05, 3.63) is 28.8 Å². The van der Waals surface area contributed by atoms with Crippen molar-refractivity contribution in [2.75, 3.05) is 6.61 Å². The van der Waals surface area contributed by atoms with Gasteiger partial charge < -0.3 is 15.2 Å². The fraction of sp³-hybridized carbons (Fsp3) is 0.333. The molecular weight excluding hydrogens is 258 g/mol. The van der Waals surface area contributed by atoms with Crippen LogP contribution in [-0.4, -0.2) is 19.2 Å². The number of nitrogens with zero attached hydrogens (tertiary/aromatic N) is 1. The molecule has 0 amide bonds. The number of nitriles is 1. The van der Waals surface area contributed by atoms with Gasteiger partial charge in [0.25, 0.3) is 0 Å². The molecule has 0 aliphatic carbocycles. The third kappa shape index (κ3) is 3.63. The third-order valence-corrected chi connectivity index (χ3v) is 2.22. The highest BCUT2D eigenvalue weighted by atomic mass is 19.3. The topological polar surface area (TPSA) is 85.3 Å². The van der Waals surface area contributed by atoms with Gasteiger partial charge in [-0.2, -0.15) is 14.0 Å². The molecule has 0 bridgehead atoms. The standard InChI is InChI=1S/C12H12F2N2O3/c1-2-18-11(17)9-4-7(5-15)3-8(6-16)10(9)19-12(13)14/h3-4,12H,2,6,16H2,1H3. The number of hydrogen-bond donors (Lipinski definition) is 1. The van der Waals surface area contributed by atoms with Gasteiger partial charge in [-0.25, -0.2) is 4.79 Å². The van der Waals surface area contributed by atoms with Gasteiger partial charge in [0.05, 0.1) is 18.2 Å². The second-order valence-electron chi connectivity index (χ2n) is 3.43. The fourth-order valence-corrected chi connectivity index (χ4v) is 1.49. The van der Waals surface area contributed by atoms with Crippen LogP contribution < -0.4 is 10.5 Å². The Labute approximate surface area is 108 Å². The largest absolute Gasteiger partial charge is 0.462 e. The molecule has 0 fully saturated rings. The quantitative estimate of drug-likeness (QED) is 0.824. The molecule has 0 aromatic heterocycles. The van der Waals surface area contributed by atoms with Gasteiger partial charge in [0, 0.05) is 12.1 Å². The van der Waals surface area contributed by atoms with Crippen molar-refractivity contribution >= 4 is 5.97 Å². The van der Waals surface area contributed by atoms with Crippen LogP contribution in [0.15, 0.2) is 12.1 Å². The normalized spacial score (nSPS) is 10.1. The molecule has 0 aliphatic heterocycles. The number of benzene rings is 1. The van der Waals surface area contributed by atoms with E-state index in [2.05, 4.69) is 4.74 Å². The Balaban J connectivity index is 3.37. The van der Waals surface area contributed by atoms with Gasteiger partial charge in [0.2, 0.25) is 0 Å². The molecule has 0 heterocycles. The number of halogens is 2. The van der Waals surface area contributed by atoms with Crippen LogP contribution >= 0.6 is 0 Å². The molecule has 0 atom stereocenters. The van der Waals surface area contributed by atoms with Crippen LogP contribution in [0, 0.1) is 11.3 Å². The summed E-state index contributed by atoms with van der Waals surface area (Å²) in [7, 11) is 0. The first-order valence-electron chi connectivity index (χ1n) is 5.42. The molecule has 7 heteroatoms. The predicted octanol–water partition coefficient (Wildman–Crippen LogP) is 1.80. The van der Waals surface area contributed by atoms with E-state index in [0.717, 1.165) is 6.07 Å². The zero-order valence-corrected chi connectivity index (χ0v) is 10.2. The Bertz CT molecular complexity index is 512. The van der Waals surface area contributed by atoms with Crippen LogP contribution in [0.3, 0.4) is 0 Å². The highest BCUT2D eigenvalue weighted by Gasteiger charge is 2.21. The van der Waals surface area contributed by atoms with E-state index in [0.29, 0.717) is 0 Å². The Hall–Kier alpha value is -2.20. The molecule has 0 spiro atoms. The van der Waals surface area contributed by atoms with Crippen LogP contribution in [0.4, 0.5) is 8.78 Å². The molecule has 0 saturated carbocycles. The van der Waals surface area contributed by atoms with Crippen LogP contribution in [0.25, 0.3) is 0 Å². The summed E-state index contributed by atoms with van der Waals surface area (Å²) < 4.78 is 33.8. The molecule has 2 N–H and O–H groups in total. The lowest BCUT2D eigenvalue weighted by molar-refractivity contribution is -0.0510. The van der Waals surface area contributed by atoms with Crippen molar-refractivity contribution in [3.63, 3.8) is 0 Å². The zero-order valence-electron chi connectivity index (χ0n) is 10.2. The number of hydrogen-bond acceptors (Lipinski definition) is 5. The highest BCUT2D eigenvalue weighted by Crippen LogP contribution is 2.28. The van der Waals surface area contributed by atoms with Gasteiger partial charge in [-0.3, -0.25) is 0 Å². The molecule has 5 nitrogen and oxygen atoms in total. The Kier molecular flexibility index (Phi) is 5.21. The first-order valence-corrected chi connectivity index (χ1v) is 5.42. The van der Waals surface area contributed by atoms with E-state index in [1.165, 1.54) is 6.07 Å². The van der Waals surface area contributed by atoms with E-state index in [-0.39, 0.29) is 35.6 Å². The molecule has 1 rings (SSSR count). The Morgan fingerprint density at radius 1 is 1.53 bits per heavy atom. The summed E-state index contributed by atoms with van der Waals surface area (Å²) in [4.78, 5) is 11.7. The van der Waals surface area contributed by atoms with Crippen molar-refractivity contribution in [3.8, 4) is 11.8 Å². The van der Waals surface area contributed by atoms with Gasteiger partial charge in [-0.05, 0) is 19.1 Å². The van der Waals surface area contributed by atoms with Crippen molar-refractivity contribution in [2.45, 2.75) is 20.1 Å². The smallest absolute Gasteiger partial charge is 0.387 e. The van der Waals surface area contributed by atoms with E-state index < -0.39 is 12.6 Å². The van der Waals surface area contributed by atoms with Crippen molar-refractivity contribution in [1.82, 2.24) is 0 Å². The summed E-state index contributed by atoms with van der Waals surface area (Å²) in [6, 6.07) is 4.24. The van der Waals surface area contributed by atoms with E-state index in [1.807, 2.05) is 6.07 Å². The summed E-state index contributed by atoms with van der Waals surface area (Å²) in [5, 5.41) is 8.83. The van der Waals surface area contributed by atoms with Crippen LogP contribution in [0.2, 0.25) is 0 Å². The van der Waals surface area contributed by atoms with Gasteiger partial charge in [-0.15, -0.1) is 0 Å². The van der Waals surface area contributed by atoms with Gasteiger partial charge in [-0.1, -0.05) is 0 Å². The van der Waals surface area contributed by atoms with E-state index in [1.54, 1.807) is 6.92 Å². The minimum Gasteiger partial charge on any atom is -0.462 e. The van der Waals surface area contributed by atoms with Crippen molar-refractivity contribution in [2.24, 2.45) is 5.73 Å². The average Bonchev–Trinajstić information content (AvgIpc) is 2.38. The number of carbonyl (C=O) groups excluding carboxylic acids is 1. The monoisotopic (exact) mass is 270 g/mol. The first-order chi connectivity index (χ1) is 9.03. The summed E-state index contributed by atoms with van der Waals surface area (Å²) in [6.45, 7) is -1.61. The Morgan fingerprint density at radius 2 is 2.21 bits per heavy atom. The molecule has 102 valence electrons. The highest BCUT2D eigenvalue weighted by molar-refractivity contribution is 5.93. The number of rotatable bonds is 5. The maximum absolute atomic E-state index is 12.4. The predicted molar refractivity (Wildman–Crippen MR) is 61.6 cm³/mol. The second-order valence-corrected chi connectivity index (χ2v) is 3.43. The number of nitrogens with two attached hydrogens (primary N) is 1. The first kappa shape index (κ1) is 14.9. The third-order valence-electron chi connectivity index (χ3n) is 2.22. The van der Waals surface area contributed by atoms with E-state index >= 15 is 0 Å². The lowest BCUT2D eigenvalue weighted by Gasteiger charge is -2.14. The van der Waals surface area contributed by atoms with Crippen molar-refractivity contribution in [1.29, 1.82) is 5.26 Å². The zero-order chi connectivity index (χ0) is 14.4. The maximum Gasteiger partial charge on any atom is 0.387 e. The molecule has 0 radical (unpaired) electrons. The number of carbonyl (C=O) groups is 1. The van der Waals surface area contributed by atoms with Crippen LogP contribution in [0.1, 0.15) is 28.4 Å². The fourth-order valence-electron chi connectivity index (χ4n) is 1.49. The van der Waals surface area contributed by atoms with Crippen LogP contribution in [0.5, 0.6) is 5.75 Å². The lowest BCUT2D eigenvalue weighted by Crippen LogP contribution is -2.14. The molecule has 1 aromatic rings. The SMILES string of the molecule is CCOC(=O)c1cc(C#N)cc(CN)c1OC(F)F. The molecule has 0 aliphatic rings. The number of esters is 1. The van der Waals surface area contributed by atoms with Crippen molar-refractivity contribution < 1.29 is 23.0 Å². The number of alkyl halides is 2. The minimum atomic E-state index is -3.11. The molecule has 0 saturated heterocycles. The lowest BCUT2D eigenvalue weighted by atomic mass is 10.0. The summed E-state index contributed by atoms with van der Waals surface area (Å²) >= 11 is 0. The molecular formula is C12H12F2N2O3. The average molecular weight is 270 g/mol. The summed E-state index contributed by atoms with van der Waals surface area (Å²) in [5.74, 6) is -1.19. The van der Waals surface area contributed by atoms with E-state index in [4.69, 9.17) is 15.7 Å². The molecule has 1 aromatic carbocycles. The van der Waals surface area contributed by atoms with Gasteiger partial charge in [0.1, 0.15) is 11.3 Å². The molecule has 19 heavy (non-hydrogen) atoms. The summed E-state index contributed by atoms with van der Waals surface area (Å²) in [5.41, 5.74) is 5.43. The Morgan fingerprint density at radius 3 is 2.68 bits per heavy atom. The van der Waals surface area contributed by atoms with Gasteiger partial charge >= 0.3 is 12.6 Å². The molecule has 0 unspecified atom stereocenters. The maximum atomic E-state index is 12.4. The van der Waals surface area contributed by atoms with Gasteiger partial charge in [0.15, 0.2) is 0 Å². The minimum absolute atomic E-state index is 0.0711.